The van der Waals surface area contributed by atoms with Crippen LogP contribution in [-0.2, 0) is 11.8 Å². The Hall–Kier alpha value is -2.57. The summed E-state index contributed by atoms with van der Waals surface area (Å²) < 4.78 is 1.40. The van der Waals surface area contributed by atoms with Crippen molar-refractivity contribution in [1.82, 2.24) is 14.9 Å². The first-order valence-corrected chi connectivity index (χ1v) is 7.07. The van der Waals surface area contributed by atoms with E-state index in [1.54, 1.807) is 32.2 Å². The molecule has 2 rings (SSSR count). The maximum absolute atomic E-state index is 12.3. The van der Waals surface area contributed by atoms with Crippen LogP contribution in [-0.4, -0.2) is 32.6 Å². The summed E-state index contributed by atoms with van der Waals surface area (Å²) in [5, 5.41) is 11.8. The number of aliphatic carboxylic acids is 1. The summed E-state index contributed by atoms with van der Waals surface area (Å²) in [5.41, 5.74) is 1.26. The topological polar surface area (TPSA) is 104 Å². The molecule has 118 valence electrons. The molecule has 7 heteroatoms. The van der Waals surface area contributed by atoms with E-state index in [1.165, 1.54) is 4.57 Å². The number of aromatic amines is 1. The van der Waals surface area contributed by atoms with Crippen LogP contribution in [0.2, 0.25) is 0 Å². The van der Waals surface area contributed by atoms with Crippen LogP contribution in [0, 0.1) is 5.92 Å². The van der Waals surface area contributed by atoms with E-state index in [-0.39, 0.29) is 11.6 Å². The molecule has 1 aromatic heterocycles. The van der Waals surface area contributed by atoms with E-state index < -0.39 is 17.9 Å². The van der Waals surface area contributed by atoms with Gasteiger partial charge in [-0.15, -0.1) is 0 Å². The molecular weight excluding hydrogens is 286 g/mol. The van der Waals surface area contributed by atoms with Crippen molar-refractivity contribution in [3.63, 3.8) is 0 Å². The highest BCUT2D eigenvalue weighted by Crippen LogP contribution is 2.14. The summed E-state index contributed by atoms with van der Waals surface area (Å²) in [5.74, 6) is -1.71. The minimum absolute atomic E-state index is 0.179. The average molecular weight is 305 g/mol. The number of nitrogens with one attached hydrogen (secondary N) is 2. The lowest BCUT2D eigenvalue weighted by molar-refractivity contribution is -0.140. The first-order chi connectivity index (χ1) is 10.3. The van der Waals surface area contributed by atoms with Crippen LogP contribution in [0.25, 0.3) is 11.0 Å². The predicted octanol–water partition coefficient (Wildman–Crippen LogP) is 1.10. The van der Waals surface area contributed by atoms with Crippen LogP contribution in [0.1, 0.15) is 30.6 Å². The number of hydrogen-bond acceptors (Lipinski definition) is 3. The molecule has 2 atom stereocenters. The van der Waals surface area contributed by atoms with Gasteiger partial charge in [0.15, 0.2) is 0 Å². The van der Waals surface area contributed by atoms with Gasteiger partial charge < -0.3 is 15.4 Å². The monoisotopic (exact) mass is 305 g/mol. The number of rotatable bonds is 5. The Labute approximate surface area is 127 Å². The third-order valence-corrected chi connectivity index (χ3v) is 3.93. The highest BCUT2D eigenvalue weighted by molar-refractivity contribution is 5.99. The van der Waals surface area contributed by atoms with E-state index >= 15 is 0 Å². The van der Waals surface area contributed by atoms with Gasteiger partial charge >= 0.3 is 11.7 Å². The van der Waals surface area contributed by atoms with Crippen molar-refractivity contribution in [3.8, 4) is 0 Å². The van der Waals surface area contributed by atoms with Gasteiger partial charge in [0.1, 0.15) is 6.04 Å². The first-order valence-electron chi connectivity index (χ1n) is 7.07. The summed E-state index contributed by atoms with van der Waals surface area (Å²) in [6, 6.07) is 3.81. The summed E-state index contributed by atoms with van der Waals surface area (Å²) in [7, 11) is 1.60. The molecule has 0 aliphatic carbocycles. The molecule has 1 amide bonds. The Kier molecular flexibility index (Phi) is 4.35. The van der Waals surface area contributed by atoms with Crippen LogP contribution >= 0.6 is 0 Å². The molecule has 0 saturated heterocycles. The van der Waals surface area contributed by atoms with Gasteiger partial charge in [0.25, 0.3) is 5.91 Å². The molecule has 0 saturated carbocycles. The van der Waals surface area contributed by atoms with Gasteiger partial charge in [-0.1, -0.05) is 20.3 Å². The van der Waals surface area contributed by atoms with Crippen molar-refractivity contribution < 1.29 is 14.7 Å². The number of carbonyl (C=O) groups is 2. The minimum Gasteiger partial charge on any atom is -0.480 e. The number of H-pyrrole nitrogens is 1. The standard InChI is InChI=1S/C15H19N3O4/c1-4-8(2)12(14(20)21)17-13(19)9-5-6-10-11(7-9)18(3)15(22)16-10/h5-8,12H,4H2,1-3H3,(H,16,22)(H,17,19)(H,20,21)/t8-,12-/m0/s1. The second-order valence-electron chi connectivity index (χ2n) is 5.40. The number of benzene rings is 1. The van der Waals surface area contributed by atoms with E-state index in [4.69, 9.17) is 0 Å². The number of imidazole rings is 1. The van der Waals surface area contributed by atoms with Gasteiger partial charge in [0.05, 0.1) is 11.0 Å². The largest absolute Gasteiger partial charge is 0.480 e. The number of amides is 1. The Morgan fingerprint density at radius 3 is 2.68 bits per heavy atom. The van der Waals surface area contributed by atoms with Crippen molar-refractivity contribution in [2.45, 2.75) is 26.3 Å². The Balaban J connectivity index is 2.31. The van der Waals surface area contributed by atoms with E-state index in [2.05, 4.69) is 10.3 Å². The number of aromatic nitrogens is 2. The lowest BCUT2D eigenvalue weighted by Gasteiger charge is -2.20. The molecule has 0 unspecified atom stereocenters. The van der Waals surface area contributed by atoms with Crippen LogP contribution in [0.15, 0.2) is 23.0 Å². The van der Waals surface area contributed by atoms with Gasteiger partial charge in [-0.05, 0) is 24.1 Å². The molecule has 0 aliphatic heterocycles. The smallest absolute Gasteiger partial charge is 0.326 e. The van der Waals surface area contributed by atoms with Crippen molar-refractivity contribution in [1.29, 1.82) is 0 Å². The molecule has 1 aromatic carbocycles. The maximum Gasteiger partial charge on any atom is 0.326 e. The second-order valence-corrected chi connectivity index (χ2v) is 5.40. The number of carboxylic acid groups (broad SMARTS) is 1. The molecule has 3 N–H and O–H groups in total. The van der Waals surface area contributed by atoms with Crippen molar-refractivity contribution in [2.75, 3.05) is 0 Å². The number of aryl methyl sites for hydroxylation is 1. The molecule has 1 heterocycles. The molecule has 0 bridgehead atoms. The number of carbonyl (C=O) groups excluding carboxylic acids is 1. The quantitative estimate of drug-likeness (QED) is 0.769. The van der Waals surface area contributed by atoms with Crippen LogP contribution < -0.4 is 11.0 Å². The Morgan fingerprint density at radius 2 is 2.09 bits per heavy atom. The van der Waals surface area contributed by atoms with E-state index in [0.717, 1.165) is 0 Å². The lowest BCUT2D eigenvalue weighted by atomic mass is 9.99. The maximum atomic E-state index is 12.3. The summed E-state index contributed by atoms with van der Waals surface area (Å²) in [4.78, 5) is 37.7. The van der Waals surface area contributed by atoms with E-state index in [9.17, 15) is 19.5 Å². The third-order valence-electron chi connectivity index (χ3n) is 3.93. The number of carboxylic acids is 1. The second kappa shape index (κ2) is 6.05. The van der Waals surface area contributed by atoms with Crippen molar-refractivity contribution in [2.24, 2.45) is 13.0 Å². The molecule has 0 radical (unpaired) electrons. The zero-order chi connectivity index (χ0) is 16.4. The zero-order valence-corrected chi connectivity index (χ0v) is 12.7. The predicted molar refractivity (Wildman–Crippen MR) is 81.9 cm³/mol. The average Bonchev–Trinajstić information content (AvgIpc) is 2.78. The van der Waals surface area contributed by atoms with Gasteiger partial charge in [0, 0.05) is 12.6 Å². The first kappa shape index (κ1) is 15.8. The third kappa shape index (κ3) is 2.88. The van der Waals surface area contributed by atoms with Gasteiger partial charge in [-0.2, -0.15) is 0 Å². The molecule has 7 nitrogen and oxygen atoms in total. The Bertz CT molecular complexity index is 775. The number of nitrogens with zero attached hydrogens (tertiary/aromatic N) is 1. The number of hydrogen-bond donors (Lipinski definition) is 3. The van der Waals surface area contributed by atoms with Gasteiger partial charge in [0.2, 0.25) is 0 Å². The summed E-state index contributed by atoms with van der Waals surface area (Å²) in [6.45, 7) is 3.65. The van der Waals surface area contributed by atoms with Crippen LogP contribution in [0.3, 0.4) is 0 Å². The highest BCUT2D eigenvalue weighted by Gasteiger charge is 2.25. The van der Waals surface area contributed by atoms with E-state index in [0.29, 0.717) is 23.0 Å². The molecule has 0 spiro atoms. The van der Waals surface area contributed by atoms with Gasteiger partial charge in [-0.3, -0.25) is 9.36 Å². The SMILES string of the molecule is CC[C@H](C)[C@H](NC(=O)c1ccc2[nH]c(=O)n(C)c2c1)C(=O)O. The van der Waals surface area contributed by atoms with Gasteiger partial charge in [-0.25, -0.2) is 9.59 Å². The van der Waals surface area contributed by atoms with Crippen molar-refractivity contribution >= 4 is 22.9 Å². The molecule has 2 aromatic rings. The summed E-state index contributed by atoms with van der Waals surface area (Å²) in [6.07, 6.45) is 0.641. The molecule has 22 heavy (non-hydrogen) atoms. The molecule has 0 aliphatic rings. The fourth-order valence-electron chi connectivity index (χ4n) is 2.27. The fraction of sp³-hybridized carbons (Fsp3) is 0.400. The van der Waals surface area contributed by atoms with Crippen LogP contribution in [0.5, 0.6) is 0 Å². The number of fused-ring (bicyclic) bond motifs is 1. The normalized spacial score (nSPS) is 13.8. The fourth-order valence-corrected chi connectivity index (χ4v) is 2.27. The zero-order valence-electron chi connectivity index (χ0n) is 12.7. The molecular formula is C15H19N3O4. The molecule has 0 fully saturated rings. The lowest BCUT2D eigenvalue weighted by Crippen LogP contribution is -2.45. The minimum atomic E-state index is -1.06. The van der Waals surface area contributed by atoms with E-state index in [1.807, 2.05) is 6.92 Å². The summed E-state index contributed by atoms with van der Waals surface area (Å²) >= 11 is 0. The Morgan fingerprint density at radius 1 is 1.41 bits per heavy atom. The highest BCUT2D eigenvalue weighted by atomic mass is 16.4. The van der Waals surface area contributed by atoms with Crippen LogP contribution in [0.4, 0.5) is 0 Å². The van der Waals surface area contributed by atoms with Crippen molar-refractivity contribution in [3.05, 3.63) is 34.2 Å².